The summed E-state index contributed by atoms with van der Waals surface area (Å²) >= 11 is 0. The second-order valence-electron chi connectivity index (χ2n) is 5.34. The lowest BCUT2D eigenvalue weighted by Crippen LogP contribution is -2.50. The number of hydrogen-bond donors (Lipinski definition) is 1. The first-order valence-electron chi connectivity index (χ1n) is 6.83. The zero-order chi connectivity index (χ0) is 12.4. The van der Waals surface area contributed by atoms with E-state index >= 15 is 0 Å². The molecule has 0 aromatic carbocycles. The predicted octanol–water partition coefficient (Wildman–Crippen LogP) is -0.284. The van der Waals surface area contributed by atoms with E-state index < -0.39 is 0 Å². The number of rotatable bonds is 3. The summed E-state index contributed by atoms with van der Waals surface area (Å²) in [5, 5.41) is 11.6. The van der Waals surface area contributed by atoms with E-state index in [9.17, 15) is 0 Å². The molecule has 1 unspecified atom stereocenters. The van der Waals surface area contributed by atoms with Gasteiger partial charge in [0, 0.05) is 58.6 Å². The molecule has 0 radical (unpaired) electrons. The number of aryl methyl sites for hydroxylation is 1. The number of nitrogens with one attached hydrogen (secondary N) is 1. The lowest BCUT2D eigenvalue weighted by atomic mass is 10.2. The molecule has 19 heavy (non-hydrogen) atoms. The first-order valence-corrected chi connectivity index (χ1v) is 6.83. The summed E-state index contributed by atoms with van der Waals surface area (Å²) in [5.74, 6) is 0. The molecule has 0 saturated carbocycles. The van der Waals surface area contributed by atoms with Gasteiger partial charge in [-0.15, -0.1) is 17.5 Å². The Kier molecular flexibility index (Phi) is 5.15. The molecule has 7 heteroatoms. The molecular formula is C12H23ClN6. The first-order chi connectivity index (χ1) is 8.81. The maximum absolute atomic E-state index is 4.15. The third-order valence-electron chi connectivity index (χ3n) is 3.99. The van der Waals surface area contributed by atoms with Crippen LogP contribution >= 0.6 is 12.4 Å². The molecule has 0 spiro atoms. The number of piperazine rings is 1. The van der Waals surface area contributed by atoms with Gasteiger partial charge in [0.15, 0.2) is 0 Å². The summed E-state index contributed by atoms with van der Waals surface area (Å²) in [6, 6.07) is 0.767. The zero-order valence-electron chi connectivity index (χ0n) is 11.5. The van der Waals surface area contributed by atoms with Crippen LogP contribution in [0.25, 0.3) is 0 Å². The maximum atomic E-state index is 4.15. The molecule has 108 valence electrons. The highest BCUT2D eigenvalue weighted by atomic mass is 35.5. The number of halogens is 1. The van der Waals surface area contributed by atoms with Gasteiger partial charge >= 0.3 is 0 Å². The van der Waals surface area contributed by atoms with Gasteiger partial charge in [-0.3, -0.25) is 14.5 Å². The van der Waals surface area contributed by atoms with Crippen LogP contribution in [0.1, 0.15) is 12.1 Å². The van der Waals surface area contributed by atoms with Gasteiger partial charge in [0.2, 0.25) is 0 Å². The molecule has 6 nitrogen and oxygen atoms in total. The van der Waals surface area contributed by atoms with E-state index in [4.69, 9.17) is 0 Å². The molecule has 1 aromatic heterocycles. The number of aromatic nitrogens is 3. The monoisotopic (exact) mass is 286 g/mol. The first kappa shape index (κ1) is 14.7. The lowest BCUT2D eigenvalue weighted by Gasteiger charge is -2.37. The fourth-order valence-corrected chi connectivity index (χ4v) is 2.93. The van der Waals surface area contributed by atoms with Crippen LogP contribution < -0.4 is 5.32 Å². The molecule has 2 aliphatic rings. The molecule has 2 aliphatic heterocycles. The van der Waals surface area contributed by atoms with E-state index in [1.54, 1.807) is 4.68 Å². The number of nitrogens with zero attached hydrogens (tertiary/aromatic N) is 5. The van der Waals surface area contributed by atoms with Crippen LogP contribution in [0.15, 0.2) is 6.20 Å². The van der Waals surface area contributed by atoms with E-state index in [0.29, 0.717) is 0 Å². The van der Waals surface area contributed by atoms with Crippen molar-refractivity contribution in [2.75, 3.05) is 39.3 Å². The summed E-state index contributed by atoms with van der Waals surface area (Å²) in [5.41, 5.74) is 1.08. The summed E-state index contributed by atoms with van der Waals surface area (Å²) < 4.78 is 1.77. The van der Waals surface area contributed by atoms with Gasteiger partial charge in [0.05, 0.1) is 5.69 Å². The third kappa shape index (κ3) is 3.66. The van der Waals surface area contributed by atoms with Crippen molar-refractivity contribution < 1.29 is 0 Å². The Bertz CT molecular complexity index is 381. The summed E-state index contributed by atoms with van der Waals surface area (Å²) in [7, 11) is 1.92. The predicted molar refractivity (Wildman–Crippen MR) is 76.4 cm³/mol. The lowest BCUT2D eigenvalue weighted by molar-refractivity contribution is 0.0973. The standard InChI is InChI=1S/C12H22N6.ClH/c1-16-9-11(14-15-16)10-17-4-6-18(7-5-17)12-2-3-13-8-12;/h9,12-13H,2-8,10H2,1H3;1H. The molecule has 0 amide bonds. The van der Waals surface area contributed by atoms with E-state index in [1.807, 2.05) is 13.2 Å². The van der Waals surface area contributed by atoms with Crippen molar-refractivity contribution in [2.45, 2.75) is 19.0 Å². The molecule has 1 aromatic rings. The Morgan fingerprint density at radius 1 is 1.32 bits per heavy atom. The molecule has 1 N–H and O–H groups in total. The van der Waals surface area contributed by atoms with Crippen molar-refractivity contribution >= 4 is 12.4 Å². The van der Waals surface area contributed by atoms with Crippen LogP contribution in [-0.4, -0.2) is 70.1 Å². The third-order valence-corrected chi connectivity index (χ3v) is 3.99. The Morgan fingerprint density at radius 2 is 2.11 bits per heavy atom. The largest absolute Gasteiger partial charge is 0.315 e. The minimum Gasteiger partial charge on any atom is -0.315 e. The van der Waals surface area contributed by atoms with Crippen LogP contribution in [0, 0.1) is 0 Å². The average Bonchev–Trinajstić information content (AvgIpc) is 3.02. The van der Waals surface area contributed by atoms with Gasteiger partial charge in [-0.25, -0.2) is 0 Å². The fourth-order valence-electron chi connectivity index (χ4n) is 2.93. The van der Waals surface area contributed by atoms with Crippen molar-refractivity contribution in [3.05, 3.63) is 11.9 Å². The van der Waals surface area contributed by atoms with Crippen LogP contribution in [0.5, 0.6) is 0 Å². The van der Waals surface area contributed by atoms with E-state index in [0.717, 1.165) is 31.4 Å². The highest BCUT2D eigenvalue weighted by molar-refractivity contribution is 5.85. The zero-order valence-corrected chi connectivity index (χ0v) is 12.3. The quantitative estimate of drug-likeness (QED) is 0.828. The maximum Gasteiger partial charge on any atom is 0.0967 e. The Morgan fingerprint density at radius 3 is 2.68 bits per heavy atom. The van der Waals surface area contributed by atoms with E-state index in [1.165, 1.54) is 32.6 Å². The minimum absolute atomic E-state index is 0. The van der Waals surface area contributed by atoms with Crippen molar-refractivity contribution in [3.63, 3.8) is 0 Å². The Labute approximate surface area is 120 Å². The summed E-state index contributed by atoms with van der Waals surface area (Å²) in [4.78, 5) is 5.11. The smallest absolute Gasteiger partial charge is 0.0967 e. The molecule has 3 rings (SSSR count). The number of hydrogen-bond acceptors (Lipinski definition) is 5. The van der Waals surface area contributed by atoms with Gasteiger partial charge in [0.25, 0.3) is 0 Å². The Hall–Kier alpha value is -0.690. The van der Waals surface area contributed by atoms with Crippen molar-refractivity contribution in [1.82, 2.24) is 30.1 Å². The second kappa shape index (κ2) is 6.65. The fraction of sp³-hybridized carbons (Fsp3) is 0.833. The Balaban J connectivity index is 0.00000133. The molecule has 0 aliphatic carbocycles. The average molecular weight is 287 g/mol. The van der Waals surface area contributed by atoms with Gasteiger partial charge < -0.3 is 5.32 Å². The topological polar surface area (TPSA) is 49.2 Å². The molecular weight excluding hydrogens is 264 g/mol. The van der Waals surface area contributed by atoms with Crippen LogP contribution in [0.2, 0.25) is 0 Å². The second-order valence-corrected chi connectivity index (χ2v) is 5.34. The SMILES string of the molecule is Cl.Cn1cc(CN2CCN(C3CCNC3)CC2)nn1. The molecule has 1 atom stereocenters. The van der Waals surface area contributed by atoms with Gasteiger partial charge in [-0.05, 0) is 13.0 Å². The van der Waals surface area contributed by atoms with Crippen molar-refractivity contribution in [2.24, 2.45) is 7.05 Å². The van der Waals surface area contributed by atoms with Crippen LogP contribution in [0.4, 0.5) is 0 Å². The van der Waals surface area contributed by atoms with E-state index in [-0.39, 0.29) is 12.4 Å². The van der Waals surface area contributed by atoms with Crippen molar-refractivity contribution in [3.8, 4) is 0 Å². The van der Waals surface area contributed by atoms with Crippen LogP contribution in [-0.2, 0) is 13.6 Å². The summed E-state index contributed by atoms with van der Waals surface area (Å²) in [6.07, 6.45) is 3.32. The highest BCUT2D eigenvalue weighted by Gasteiger charge is 2.26. The molecule has 2 fully saturated rings. The summed E-state index contributed by atoms with van der Waals surface area (Å²) in [6.45, 7) is 7.96. The normalized spacial score (nSPS) is 25.4. The molecule has 2 saturated heterocycles. The highest BCUT2D eigenvalue weighted by Crippen LogP contribution is 2.13. The van der Waals surface area contributed by atoms with Gasteiger partial charge in [-0.1, -0.05) is 5.21 Å². The minimum atomic E-state index is 0. The molecule has 0 bridgehead atoms. The van der Waals surface area contributed by atoms with E-state index in [2.05, 4.69) is 25.4 Å². The van der Waals surface area contributed by atoms with Crippen molar-refractivity contribution in [1.29, 1.82) is 0 Å². The molecule has 3 heterocycles. The van der Waals surface area contributed by atoms with Crippen LogP contribution in [0.3, 0.4) is 0 Å². The van der Waals surface area contributed by atoms with Gasteiger partial charge in [-0.2, -0.15) is 0 Å². The van der Waals surface area contributed by atoms with Gasteiger partial charge in [0.1, 0.15) is 0 Å².